The summed E-state index contributed by atoms with van der Waals surface area (Å²) in [6.07, 6.45) is 1.53. The van der Waals surface area contributed by atoms with Crippen LogP contribution in [0.4, 0.5) is 10.8 Å². The van der Waals surface area contributed by atoms with E-state index >= 15 is 0 Å². The Morgan fingerprint density at radius 2 is 1.80 bits per heavy atom. The summed E-state index contributed by atoms with van der Waals surface area (Å²) in [6, 6.07) is 7.68. The van der Waals surface area contributed by atoms with Gasteiger partial charge in [0.1, 0.15) is 0 Å². The van der Waals surface area contributed by atoms with Crippen molar-refractivity contribution >= 4 is 49.7 Å². The average molecular weight is 536 g/mol. The summed E-state index contributed by atoms with van der Waals surface area (Å²) in [5.74, 6) is -0.336. The van der Waals surface area contributed by atoms with Crippen LogP contribution in [0.5, 0.6) is 0 Å². The molecule has 0 spiro atoms. The molecule has 2 heterocycles. The largest absolute Gasteiger partial charge is 0.320 e. The fourth-order valence-corrected chi connectivity index (χ4v) is 5.41. The Morgan fingerprint density at radius 3 is 2.37 bits per heavy atom. The summed E-state index contributed by atoms with van der Waals surface area (Å²) in [5.41, 5.74) is 8.25. The first-order valence-electron chi connectivity index (χ1n) is 11.0. The van der Waals surface area contributed by atoms with E-state index in [9.17, 15) is 13.2 Å². The molecule has 0 unspecified atom stereocenters. The van der Waals surface area contributed by atoms with Crippen LogP contribution in [0.25, 0.3) is 10.4 Å². The lowest BCUT2D eigenvalue weighted by Gasteiger charge is -2.19. The highest BCUT2D eigenvalue weighted by Crippen LogP contribution is 2.36. The van der Waals surface area contributed by atoms with Crippen molar-refractivity contribution in [1.82, 2.24) is 9.97 Å². The first kappa shape index (κ1) is 27.1. The molecule has 0 aliphatic rings. The SMILES string of the molecule is Cc1nc(NC(=O)[C@@H](N)C(C)C)sc1-c1cnc(Cl)c(NS(=O)(=O)c2ccc(C(C)(C)C)cc2)c1. The number of carbonyl (C=O) groups excluding carboxylic acids is 1. The number of benzene rings is 1. The summed E-state index contributed by atoms with van der Waals surface area (Å²) in [4.78, 5) is 21.7. The molecule has 0 saturated carbocycles. The van der Waals surface area contributed by atoms with Gasteiger partial charge in [0, 0.05) is 11.8 Å². The second-order valence-electron chi connectivity index (χ2n) is 9.63. The summed E-state index contributed by atoms with van der Waals surface area (Å²) in [7, 11) is -3.89. The van der Waals surface area contributed by atoms with E-state index in [0.717, 1.165) is 10.4 Å². The first-order valence-corrected chi connectivity index (χ1v) is 13.7. The van der Waals surface area contributed by atoms with Gasteiger partial charge in [-0.2, -0.15) is 0 Å². The van der Waals surface area contributed by atoms with E-state index in [1.165, 1.54) is 17.5 Å². The number of carbonyl (C=O) groups is 1. The topological polar surface area (TPSA) is 127 Å². The number of nitrogens with one attached hydrogen (secondary N) is 2. The van der Waals surface area contributed by atoms with E-state index < -0.39 is 16.1 Å². The fraction of sp³-hybridized carbons (Fsp3) is 0.375. The van der Waals surface area contributed by atoms with Crippen LogP contribution in [0.2, 0.25) is 5.15 Å². The zero-order valence-electron chi connectivity index (χ0n) is 20.5. The van der Waals surface area contributed by atoms with E-state index in [1.807, 2.05) is 13.8 Å². The smallest absolute Gasteiger partial charge is 0.261 e. The molecule has 188 valence electrons. The lowest BCUT2D eigenvalue weighted by molar-refractivity contribution is -0.118. The normalized spacial score (nSPS) is 13.1. The number of hydrogen-bond acceptors (Lipinski definition) is 7. The number of aromatic nitrogens is 2. The van der Waals surface area contributed by atoms with Gasteiger partial charge in [0.15, 0.2) is 10.3 Å². The highest BCUT2D eigenvalue weighted by molar-refractivity contribution is 7.92. The van der Waals surface area contributed by atoms with Gasteiger partial charge in [0.05, 0.1) is 27.2 Å². The molecule has 11 heteroatoms. The number of thiazole rings is 1. The molecule has 0 aliphatic heterocycles. The van der Waals surface area contributed by atoms with Crippen LogP contribution in [0, 0.1) is 12.8 Å². The molecule has 2 aromatic heterocycles. The predicted molar refractivity (Wildman–Crippen MR) is 142 cm³/mol. The molecule has 1 amide bonds. The number of nitrogens with zero attached hydrogens (tertiary/aromatic N) is 2. The number of aryl methyl sites for hydroxylation is 1. The highest BCUT2D eigenvalue weighted by Gasteiger charge is 2.22. The second kappa shape index (κ2) is 10.2. The third kappa shape index (κ3) is 6.38. The van der Waals surface area contributed by atoms with Crippen molar-refractivity contribution in [1.29, 1.82) is 0 Å². The molecule has 0 aliphatic carbocycles. The minimum absolute atomic E-state index is 0.0160. The number of rotatable bonds is 7. The first-order chi connectivity index (χ1) is 16.2. The number of pyridine rings is 1. The van der Waals surface area contributed by atoms with Crippen molar-refractivity contribution in [3.63, 3.8) is 0 Å². The highest BCUT2D eigenvalue weighted by atomic mass is 35.5. The number of sulfonamides is 1. The Kier molecular flexibility index (Phi) is 7.90. The molecule has 8 nitrogen and oxygen atoms in total. The zero-order chi connectivity index (χ0) is 26.1. The van der Waals surface area contributed by atoms with Gasteiger partial charge in [-0.15, -0.1) is 0 Å². The molecule has 0 radical (unpaired) electrons. The van der Waals surface area contributed by atoms with E-state index in [1.54, 1.807) is 37.3 Å². The standard InChI is InChI=1S/C24H30ClN5O3S2/c1-13(2)19(26)22(31)29-23-28-14(3)20(34-23)15-11-18(21(25)27-12-15)30-35(32,33)17-9-7-16(8-10-17)24(4,5)6/h7-13,19,30H,26H2,1-6H3,(H,28,29,31)/t19-/m0/s1. The number of anilines is 2. The van der Waals surface area contributed by atoms with Gasteiger partial charge >= 0.3 is 0 Å². The van der Waals surface area contributed by atoms with Gasteiger partial charge in [0.25, 0.3) is 10.0 Å². The van der Waals surface area contributed by atoms with Gasteiger partial charge < -0.3 is 11.1 Å². The van der Waals surface area contributed by atoms with Crippen molar-refractivity contribution in [2.45, 2.75) is 57.9 Å². The van der Waals surface area contributed by atoms with Crippen molar-refractivity contribution < 1.29 is 13.2 Å². The monoisotopic (exact) mass is 535 g/mol. The minimum Gasteiger partial charge on any atom is -0.320 e. The molecular weight excluding hydrogens is 506 g/mol. The number of nitrogens with two attached hydrogens (primary N) is 1. The lowest BCUT2D eigenvalue weighted by Crippen LogP contribution is -2.39. The Balaban J connectivity index is 1.87. The van der Waals surface area contributed by atoms with Crippen LogP contribution < -0.4 is 15.8 Å². The summed E-state index contributed by atoms with van der Waals surface area (Å²) in [5, 5.41) is 3.15. The molecular formula is C24H30ClN5O3S2. The molecule has 0 bridgehead atoms. The number of hydrogen-bond donors (Lipinski definition) is 3. The minimum atomic E-state index is -3.89. The molecule has 3 rings (SSSR count). The van der Waals surface area contributed by atoms with Crippen LogP contribution in [0.15, 0.2) is 41.4 Å². The number of amides is 1. The summed E-state index contributed by atoms with van der Waals surface area (Å²) < 4.78 is 28.5. The molecule has 35 heavy (non-hydrogen) atoms. The van der Waals surface area contributed by atoms with Crippen LogP contribution in [-0.2, 0) is 20.2 Å². The quantitative estimate of drug-likeness (QED) is 0.357. The second-order valence-corrected chi connectivity index (χ2v) is 12.7. The molecule has 3 aromatic rings. The van der Waals surface area contributed by atoms with E-state index in [4.69, 9.17) is 17.3 Å². The van der Waals surface area contributed by atoms with E-state index in [0.29, 0.717) is 16.4 Å². The maximum Gasteiger partial charge on any atom is 0.261 e. The van der Waals surface area contributed by atoms with Gasteiger partial charge in [0.2, 0.25) is 5.91 Å². The van der Waals surface area contributed by atoms with E-state index in [2.05, 4.69) is 40.8 Å². The Morgan fingerprint density at radius 1 is 1.17 bits per heavy atom. The molecule has 1 aromatic carbocycles. The maximum atomic E-state index is 13.0. The Hall–Kier alpha value is -2.53. The van der Waals surface area contributed by atoms with Crippen molar-refractivity contribution in [3.8, 4) is 10.4 Å². The van der Waals surface area contributed by atoms with Gasteiger partial charge in [-0.25, -0.2) is 18.4 Å². The molecule has 0 fully saturated rings. The van der Waals surface area contributed by atoms with E-state index in [-0.39, 0.29) is 33.0 Å². The molecule has 4 N–H and O–H groups in total. The van der Waals surface area contributed by atoms with Crippen molar-refractivity contribution in [3.05, 3.63) is 52.9 Å². The Labute approximate surface area is 215 Å². The third-order valence-corrected chi connectivity index (χ3v) is 8.23. The predicted octanol–water partition coefficient (Wildman–Crippen LogP) is 5.19. The van der Waals surface area contributed by atoms with Crippen LogP contribution >= 0.6 is 22.9 Å². The average Bonchev–Trinajstić information content (AvgIpc) is 3.13. The Bertz CT molecular complexity index is 1330. The molecule has 1 atom stereocenters. The molecule has 0 saturated heterocycles. The maximum absolute atomic E-state index is 13.0. The summed E-state index contributed by atoms with van der Waals surface area (Å²) >= 11 is 7.46. The summed E-state index contributed by atoms with van der Waals surface area (Å²) in [6.45, 7) is 11.7. The van der Waals surface area contributed by atoms with Gasteiger partial charge in [-0.3, -0.25) is 9.52 Å². The lowest BCUT2D eigenvalue weighted by atomic mass is 9.87. The number of halogens is 1. The third-order valence-electron chi connectivity index (χ3n) is 5.42. The fourth-order valence-electron chi connectivity index (χ4n) is 3.19. The zero-order valence-corrected chi connectivity index (χ0v) is 22.9. The van der Waals surface area contributed by atoms with Crippen LogP contribution in [0.1, 0.15) is 45.9 Å². The van der Waals surface area contributed by atoms with Crippen LogP contribution in [-0.4, -0.2) is 30.3 Å². The van der Waals surface area contributed by atoms with Gasteiger partial charge in [-0.05, 0) is 42.0 Å². The van der Waals surface area contributed by atoms with Crippen molar-refractivity contribution in [2.24, 2.45) is 11.7 Å². The van der Waals surface area contributed by atoms with Crippen molar-refractivity contribution in [2.75, 3.05) is 10.0 Å². The van der Waals surface area contributed by atoms with Crippen LogP contribution in [0.3, 0.4) is 0 Å². The van der Waals surface area contributed by atoms with Gasteiger partial charge in [-0.1, -0.05) is 69.7 Å².